The van der Waals surface area contributed by atoms with Gasteiger partial charge in [0, 0.05) is 19.3 Å². The summed E-state index contributed by atoms with van der Waals surface area (Å²) in [7, 11) is 0. The normalized spacial score (nSPS) is 11.7. The monoisotopic (exact) mass is 443 g/mol. The smallest absolute Gasteiger partial charge is 0.326 e. The third kappa shape index (κ3) is 20.9. The van der Waals surface area contributed by atoms with Crippen molar-refractivity contribution >= 4 is 23.8 Å². The van der Waals surface area contributed by atoms with E-state index in [9.17, 15) is 19.2 Å². The zero-order valence-corrected chi connectivity index (χ0v) is 18.8. The van der Waals surface area contributed by atoms with Crippen molar-refractivity contribution in [2.75, 3.05) is 0 Å². The molecule has 4 N–H and O–H groups in total. The van der Waals surface area contributed by atoms with E-state index < -0.39 is 23.9 Å². The van der Waals surface area contributed by atoms with E-state index in [1.165, 1.54) is 44.9 Å². The highest BCUT2D eigenvalue weighted by atomic mass is 16.4. The number of amides is 1. The Morgan fingerprint density at radius 2 is 0.871 bits per heavy atom. The van der Waals surface area contributed by atoms with Gasteiger partial charge in [-0.25, -0.2) is 4.79 Å². The van der Waals surface area contributed by atoms with Crippen LogP contribution >= 0.6 is 0 Å². The maximum atomic E-state index is 11.8. The highest BCUT2D eigenvalue weighted by Crippen LogP contribution is 2.14. The van der Waals surface area contributed by atoms with Gasteiger partial charge in [0.2, 0.25) is 5.91 Å². The van der Waals surface area contributed by atoms with Crippen molar-refractivity contribution < 1.29 is 34.5 Å². The fraction of sp³-hybridized carbons (Fsp3) is 0.826. The minimum Gasteiger partial charge on any atom is -0.481 e. The number of hydrogen-bond acceptors (Lipinski definition) is 4. The molecule has 0 radical (unpaired) electrons. The Morgan fingerprint density at radius 3 is 1.23 bits per heavy atom. The van der Waals surface area contributed by atoms with E-state index in [0.29, 0.717) is 6.42 Å². The van der Waals surface area contributed by atoms with Gasteiger partial charge in [-0.05, 0) is 19.3 Å². The van der Waals surface area contributed by atoms with Crippen molar-refractivity contribution in [3.63, 3.8) is 0 Å². The molecule has 0 fully saturated rings. The van der Waals surface area contributed by atoms with E-state index >= 15 is 0 Å². The van der Waals surface area contributed by atoms with Gasteiger partial charge in [0.1, 0.15) is 6.04 Å². The molecule has 0 aliphatic heterocycles. The summed E-state index contributed by atoms with van der Waals surface area (Å²) >= 11 is 0. The van der Waals surface area contributed by atoms with Crippen LogP contribution in [0.5, 0.6) is 0 Å². The average Bonchev–Trinajstić information content (AvgIpc) is 2.70. The fourth-order valence-corrected chi connectivity index (χ4v) is 3.47. The molecule has 180 valence electrons. The van der Waals surface area contributed by atoms with Crippen molar-refractivity contribution in [1.82, 2.24) is 5.32 Å². The largest absolute Gasteiger partial charge is 0.481 e. The highest BCUT2D eigenvalue weighted by Gasteiger charge is 2.20. The SMILES string of the molecule is O=C(O)CCCCCCCCCCCCCCCCC(=O)N[C@H](CCC(=O)O)C(=O)O. The van der Waals surface area contributed by atoms with Crippen LogP contribution in [-0.4, -0.2) is 45.2 Å². The first-order valence-electron chi connectivity index (χ1n) is 11.8. The van der Waals surface area contributed by atoms with E-state index in [1.807, 2.05) is 0 Å². The third-order valence-corrected chi connectivity index (χ3v) is 5.32. The summed E-state index contributed by atoms with van der Waals surface area (Å²) in [4.78, 5) is 43.8. The Bertz CT molecular complexity index is 522. The Labute approximate surface area is 185 Å². The van der Waals surface area contributed by atoms with E-state index in [4.69, 9.17) is 15.3 Å². The molecule has 0 spiro atoms. The summed E-state index contributed by atoms with van der Waals surface area (Å²) in [5.74, 6) is -3.32. The molecular formula is C23H41NO7. The van der Waals surface area contributed by atoms with E-state index in [0.717, 1.165) is 38.5 Å². The summed E-state index contributed by atoms with van der Waals surface area (Å²) in [6.07, 6.45) is 15.5. The van der Waals surface area contributed by atoms with Gasteiger partial charge in [-0.3, -0.25) is 14.4 Å². The van der Waals surface area contributed by atoms with Crippen molar-refractivity contribution in [3.05, 3.63) is 0 Å². The second-order valence-electron chi connectivity index (χ2n) is 8.23. The molecule has 8 nitrogen and oxygen atoms in total. The molecule has 8 heteroatoms. The van der Waals surface area contributed by atoms with Gasteiger partial charge in [-0.15, -0.1) is 0 Å². The number of carboxylic acids is 3. The molecule has 0 saturated heterocycles. The topological polar surface area (TPSA) is 141 Å². The lowest BCUT2D eigenvalue weighted by atomic mass is 10.0. The zero-order chi connectivity index (χ0) is 23.3. The van der Waals surface area contributed by atoms with E-state index in [-0.39, 0.29) is 31.6 Å². The summed E-state index contributed by atoms with van der Waals surface area (Å²) in [5, 5.41) is 28.6. The van der Waals surface area contributed by atoms with Crippen LogP contribution in [0.1, 0.15) is 116 Å². The van der Waals surface area contributed by atoms with Gasteiger partial charge in [-0.1, -0.05) is 77.0 Å². The number of carbonyl (C=O) groups is 4. The molecule has 0 rings (SSSR count). The zero-order valence-electron chi connectivity index (χ0n) is 18.8. The van der Waals surface area contributed by atoms with Crippen LogP contribution < -0.4 is 5.32 Å². The second-order valence-corrected chi connectivity index (χ2v) is 8.23. The van der Waals surface area contributed by atoms with Gasteiger partial charge >= 0.3 is 17.9 Å². The van der Waals surface area contributed by atoms with Gasteiger partial charge in [-0.2, -0.15) is 0 Å². The Morgan fingerprint density at radius 1 is 0.516 bits per heavy atom. The molecule has 0 bridgehead atoms. The average molecular weight is 444 g/mol. The van der Waals surface area contributed by atoms with Crippen LogP contribution in [0.4, 0.5) is 0 Å². The van der Waals surface area contributed by atoms with Crippen LogP contribution in [-0.2, 0) is 19.2 Å². The lowest BCUT2D eigenvalue weighted by molar-refractivity contribution is -0.143. The Kier molecular flexibility index (Phi) is 18.5. The molecule has 0 heterocycles. The molecule has 0 unspecified atom stereocenters. The second kappa shape index (κ2) is 19.8. The molecular weight excluding hydrogens is 402 g/mol. The minimum absolute atomic E-state index is 0.108. The number of hydrogen-bond donors (Lipinski definition) is 4. The maximum absolute atomic E-state index is 11.8. The molecule has 0 aromatic rings. The number of rotatable bonds is 22. The lowest BCUT2D eigenvalue weighted by Gasteiger charge is -2.13. The number of nitrogens with one attached hydrogen (secondary N) is 1. The third-order valence-electron chi connectivity index (χ3n) is 5.32. The summed E-state index contributed by atoms with van der Waals surface area (Å²) in [6, 6.07) is -1.14. The lowest BCUT2D eigenvalue weighted by Crippen LogP contribution is -2.41. The minimum atomic E-state index is -1.20. The first-order valence-corrected chi connectivity index (χ1v) is 11.8. The van der Waals surface area contributed by atoms with E-state index in [2.05, 4.69) is 5.32 Å². The van der Waals surface area contributed by atoms with Crippen LogP contribution in [0.3, 0.4) is 0 Å². The number of unbranched alkanes of at least 4 members (excludes halogenated alkanes) is 13. The van der Waals surface area contributed by atoms with Crippen LogP contribution in [0.2, 0.25) is 0 Å². The molecule has 1 atom stereocenters. The number of carboxylic acid groups (broad SMARTS) is 3. The van der Waals surface area contributed by atoms with Crippen molar-refractivity contribution in [2.24, 2.45) is 0 Å². The quantitative estimate of drug-likeness (QED) is 0.177. The van der Waals surface area contributed by atoms with Crippen LogP contribution in [0.25, 0.3) is 0 Å². The van der Waals surface area contributed by atoms with Gasteiger partial charge in [0.05, 0.1) is 0 Å². The maximum Gasteiger partial charge on any atom is 0.326 e. The molecule has 31 heavy (non-hydrogen) atoms. The summed E-state index contributed by atoms with van der Waals surface area (Å²) < 4.78 is 0. The predicted octanol–water partition coefficient (Wildman–Crippen LogP) is 4.75. The molecule has 0 saturated carbocycles. The first kappa shape index (κ1) is 28.9. The highest BCUT2D eigenvalue weighted by molar-refractivity contribution is 5.83. The van der Waals surface area contributed by atoms with Crippen molar-refractivity contribution in [2.45, 2.75) is 122 Å². The summed E-state index contributed by atoms with van der Waals surface area (Å²) in [6.45, 7) is 0. The predicted molar refractivity (Wildman–Crippen MR) is 118 cm³/mol. The van der Waals surface area contributed by atoms with Gasteiger partial charge < -0.3 is 20.6 Å². The van der Waals surface area contributed by atoms with Crippen LogP contribution in [0.15, 0.2) is 0 Å². The molecule has 0 aromatic carbocycles. The van der Waals surface area contributed by atoms with Crippen molar-refractivity contribution in [3.8, 4) is 0 Å². The van der Waals surface area contributed by atoms with Gasteiger partial charge in [0.25, 0.3) is 0 Å². The Balaban J connectivity index is 3.43. The van der Waals surface area contributed by atoms with Gasteiger partial charge in [0.15, 0.2) is 0 Å². The number of aliphatic carboxylic acids is 3. The molecule has 0 aromatic heterocycles. The molecule has 0 aliphatic carbocycles. The number of carbonyl (C=O) groups excluding carboxylic acids is 1. The Hall–Kier alpha value is -2.12. The summed E-state index contributed by atoms with van der Waals surface area (Å²) in [5.41, 5.74) is 0. The van der Waals surface area contributed by atoms with Crippen LogP contribution in [0, 0.1) is 0 Å². The van der Waals surface area contributed by atoms with E-state index in [1.54, 1.807) is 0 Å². The molecule has 1 amide bonds. The van der Waals surface area contributed by atoms with Crippen molar-refractivity contribution in [1.29, 1.82) is 0 Å². The molecule has 0 aliphatic rings. The standard InChI is InChI=1S/C23H41NO7/c25-20(24-19(23(30)31)17-18-22(28)29)15-13-11-9-7-5-3-1-2-4-6-8-10-12-14-16-21(26)27/h19H,1-18H2,(H,24,25)(H,26,27)(H,28,29)(H,30,31)/t19-/m1/s1. The first-order chi connectivity index (χ1) is 14.8. The fourth-order valence-electron chi connectivity index (χ4n) is 3.47.